The first kappa shape index (κ1) is 14.6. The Kier molecular flexibility index (Phi) is 4.32. The highest BCUT2D eigenvalue weighted by Crippen LogP contribution is 2.27. The van der Waals surface area contributed by atoms with Crippen LogP contribution >= 0.6 is 0 Å². The van der Waals surface area contributed by atoms with Crippen LogP contribution < -0.4 is 5.32 Å². The molecule has 1 aromatic heterocycles. The summed E-state index contributed by atoms with van der Waals surface area (Å²) < 4.78 is 6.02. The van der Waals surface area contributed by atoms with Gasteiger partial charge in [-0.15, -0.1) is 0 Å². The Morgan fingerprint density at radius 3 is 2.81 bits per heavy atom. The monoisotopic (exact) mass is 286 g/mol. The topological polar surface area (TPSA) is 28.4 Å². The fourth-order valence-corrected chi connectivity index (χ4v) is 3.27. The highest BCUT2D eigenvalue weighted by Gasteiger charge is 2.25. The van der Waals surface area contributed by atoms with E-state index in [-0.39, 0.29) is 6.04 Å². The van der Waals surface area contributed by atoms with Gasteiger partial charge in [0.25, 0.3) is 0 Å². The van der Waals surface area contributed by atoms with E-state index in [0.717, 1.165) is 29.7 Å². The van der Waals surface area contributed by atoms with Gasteiger partial charge in [0.1, 0.15) is 11.3 Å². The van der Waals surface area contributed by atoms with Crippen LogP contribution in [0, 0.1) is 11.8 Å². The van der Waals surface area contributed by atoms with Crippen molar-refractivity contribution in [1.29, 1.82) is 0 Å². The molecule has 0 aliphatic carbocycles. The third-order valence-electron chi connectivity index (χ3n) is 5.00. The zero-order valence-electron chi connectivity index (χ0n) is 13.3. The summed E-state index contributed by atoms with van der Waals surface area (Å²) in [5, 5.41) is 4.61. The maximum Gasteiger partial charge on any atom is 0.134 e. The number of furan rings is 1. The molecule has 3 unspecified atom stereocenters. The summed E-state index contributed by atoms with van der Waals surface area (Å²) in [6, 6.07) is 10.7. The molecule has 0 amide bonds. The van der Waals surface area contributed by atoms with Gasteiger partial charge < -0.3 is 14.6 Å². The minimum atomic E-state index is 0.262. The number of hydrogen-bond acceptors (Lipinski definition) is 3. The lowest BCUT2D eigenvalue weighted by Gasteiger charge is -2.36. The molecule has 0 saturated carbocycles. The standard InChI is InChI=1S/C18H26N2O/c1-13-8-9-20(11-14(13)2)12-16(19-3)18-10-15-6-4-5-7-17(15)21-18/h4-7,10,13-14,16,19H,8-9,11-12H2,1-3H3. The Morgan fingerprint density at radius 2 is 2.10 bits per heavy atom. The van der Waals surface area contributed by atoms with E-state index in [1.165, 1.54) is 24.9 Å². The Labute approximate surface area is 127 Å². The lowest BCUT2D eigenvalue weighted by Crippen LogP contribution is -2.42. The predicted molar refractivity (Wildman–Crippen MR) is 87.4 cm³/mol. The van der Waals surface area contributed by atoms with Crippen molar-refractivity contribution >= 4 is 11.0 Å². The van der Waals surface area contributed by atoms with E-state index in [9.17, 15) is 0 Å². The number of rotatable bonds is 4. The second kappa shape index (κ2) is 6.20. The van der Waals surface area contributed by atoms with Crippen LogP contribution in [0.3, 0.4) is 0 Å². The summed E-state index contributed by atoms with van der Waals surface area (Å²) >= 11 is 0. The number of nitrogens with one attached hydrogen (secondary N) is 1. The van der Waals surface area contributed by atoms with Gasteiger partial charge in [-0.05, 0) is 44.0 Å². The van der Waals surface area contributed by atoms with Gasteiger partial charge in [-0.3, -0.25) is 0 Å². The maximum atomic E-state index is 6.02. The second-order valence-electron chi connectivity index (χ2n) is 6.53. The molecule has 0 radical (unpaired) electrons. The normalized spacial score (nSPS) is 25.3. The average molecular weight is 286 g/mol. The van der Waals surface area contributed by atoms with E-state index < -0.39 is 0 Å². The molecule has 1 saturated heterocycles. The van der Waals surface area contributed by atoms with Gasteiger partial charge in [0.2, 0.25) is 0 Å². The number of hydrogen-bond donors (Lipinski definition) is 1. The van der Waals surface area contributed by atoms with Gasteiger partial charge >= 0.3 is 0 Å². The van der Waals surface area contributed by atoms with Crippen LogP contribution in [0.4, 0.5) is 0 Å². The van der Waals surface area contributed by atoms with E-state index in [0.29, 0.717) is 0 Å². The Morgan fingerprint density at radius 1 is 1.29 bits per heavy atom. The van der Waals surface area contributed by atoms with E-state index in [4.69, 9.17) is 4.42 Å². The second-order valence-corrected chi connectivity index (χ2v) is 6.53. The fraction of sp³-hybridized carbons (Fsp3) is 0.556. The summed E-state index contributed by atoms with van der Waals surface area (Å²) in [6.45, 7) is 8.15. The number of piperidine rings is 1. The first-order chi connectivity index (χ1) is 10.2. The molecule has 0 bridgehead atoms. The summed E-state index contributed by atoms with van der Waals surface area (Å²) in [5.74, 6) is 2.68. The fourth-order valence-electron chi connectivity index (χ4n) is 3.27. The molecule has 1 aromatic carbocycles. The van der Waals surface area contributed by atoms with Crippen molar-refractivity contribution in [2.45, 2.75) is 26.3 Å². The smallest absolute Gasteiger partial charge is 0.134 e. The number of likely N-dealkylation sites (tertiary alicyclic amines) is 1. The molecule has 3 heteroatoms. The third-order valence-corrected chi connectivity index (χ3v) is 5.00. The van der Waals surface area contributed by atoms with Crippen LogP contribution in [-0.4, -0.2) is 31.6 Å². The Bertz CT molecular complexity index is 559. The summed E-state index contributed by atoms with van der Waals surface area (Å²) in [7, 11) is 2.02. The molecule has 3 nitrogen and oxygen atoms in total. The Balaban J connectivity index is 1.72. The molecule has 3 rings (SSSR count). The average Bonchev–Trinajstić information content (AvgIpc) is 2.92. The number of benzene rings is 1. The Hall–Kier alpha value is -1.32. The highest BCUT2D eigenvalue weighted by molar-refractivity contribution is 5.77. The summed E-state index contributed by atoms with van der Waals surface area (Å²) in [5.41, 5.74) is 0.980. The molecule has 1 N–H and O–H groups in total. The van der Waals surface area contributed by atoms with Gasteiger partial charge in [0, 0.05) is 18.5 Å². The minimum Gasteiger partial charge on any atom is -0.459 e. The molecule has 21 heavy (non-hydrogen) atoms. The van der Waals surface area contributed by atoms with E-state index in [2.05, 4.69) is 42.3 Å². The molecule has 0 spiro atoms. The van der Waals surface area contributed by atoms with E-state index >= 15 is 0 Å². The maximum absolute atomic E-state index is 6.02. The number of nitrogens with zero attached hydrogens (tertiary/aromatic N) is 1. The van der Waals surface area contributed by atoms with Crippen molar-refractivity contribution < 1.29 is 4.42 Å². The molecule has 1 aliphatic heterocycles. The van der Waals surface area contributed by atoms with Gasteiger partial charge in [0.05, 0.1) is 6.04 Å². The van der Waals surface area contributed by atoms with Crippen LogP contribution in [-0.2, 0) is 0 Å². The van der Waals surface area contributed by atoms with E-state index in [1.54, 1.807) is 0 Å². The number of para-hydroxylation sites is 1. The van der Waals surface area contributed by atoms with Gasteiger partial charge in [-0.25, -0.2) is 0 Å². The number of fused-ring (bicyclic) bond motifs is 1. The van der Waals surface area contributed by atoms with Crippen molar-refractivity contribution in [3.8, 4) is 0 Å². The van der Waals surface area contributed by atoms with Gasteiger partial charge in [-0.1, -0.05) is 32.0 Å². The van der Waals surface area contributed by atoms with Crippen LogP contribution in [0.1, 0.15) is 32.1 Å². The molecule has 2 aromatic rings. The van der Waals surface area contributed by atoms with Crippen molar-refractivity contribution in [2.75, 3.05) is 26.7 Å². The predicted octanol–water partition coefficient (Wildman–Crippen LogP) is 3.67. The highest BCUT2D eigenvalue weighted by atomic mass is 16.3. The summed E-state index contributed by atoms with van der Waals surface area (Å²) in [6.07, 6.45) is 1.30. The van der Waals surface area contributed by atoms with E-state index in [1.807, 2.05) is 19.2 Å². The number of likely N-dealkylation sites (N-methyl/N-ethyl adjacent to an activating group) is 1. The largest absolute Gasteiger partial charge is 0.459 e. The van der Waals surface area contributed by atoms with Crippen molar-refractivity contribution in [2.24, 2.45) is 11.8 Å². The zero-order chi connectivity index (χ0) is 14.8. The molecule has 2 heterocycles. The van der Waals surface area contributed by atoms with Crippen molar-refractivity contribution in [3.63, 3.8) is 0 Å². The van der Waals surface area contributed by atoms with Crippen molar-refractivity contribution in [3.05, 3.63) is 36.1 Å². The lowest BCUT2D eigenvalue weighted by molar-refractivity contribution is 0.125. The molecule has 1 aliphatic rings. The quantitative estimate of drug-likeness (QED) is 0.929. The van der Waals surface area contributed by atoms with Gasteiger partial charge in [-0.2, -0.15) is 0 Å². The zero-order valence-corrected chi connectivity index (χ0v) is 13.3. The van der Waals surface area contributed by atoms with Crippen LogP contribution in [0.5, 0.6) is 0 Å². The molecular weight excluding hydrogens is 260 g/mol. The molecule has 1 fully saturated rings. The molecule has 114 valence electrons. The van der Waals surface area contributed by atoms with Crippen LogP contribution in [0.2, 0.25) is 0 Å². The summed E-state index contributed by atoms with van der Waals surface area (Å²) in [4.78, 5) is 2.57. The molecule has 3 atom stereocenters. The third kappa shape index (κ3) is 3.14. The first-order valence-electron chi connectivity index (χ1n) is 8.05. The van der Waals surface area contributed by atoms with Crippen LogP contribution in [0.15, 0.2) is 34.7 Å². The van der Waals surface area contributed by atoms with Gasteiger partial charge in [0.15, 0.2) is 0 Å². The first-order valence-corrected chi connectivity index (χ1v) is 8.05. The van der Waals surface area contributed by atoms with Crippen molar-refractivity contribution in [1.82, 2.24) is 10.2 Å². The molecular formula is C18H26N2O. The lowest BCUT2D eigenvalue weighted by atomic mass is 9.88. The minimum absolute atomic E-state index is 0.262. The van der Waals surface area contributed by atoms with Crippen LogP contribution in [0.25, 0.3) is 11.0 Å². The SMILES string of the molecule is CNC(CN1CCC(C)C(C)C1)c1cc2ccccc2o1.